The molecule has 2 aliphatic rings. The fraction of sp³-hybridized carbons (Fsp3) is 0.400. The predicted octanol–water partition coefficient (Wildman–Crippen LogP) is 2.65. The summed E-state index contributed by atoms with van der Waals surface area (Å²) < 4.78 is 0. The molecular formula is C20H25N3. The molecule has 0 radical (unpaired) electrons. The zero-order chi connectivity index (χ0) is 15.5. The van der Waals surface area contributed by atoms with Gasteiger partial charge in [-0.2, -0.15) is 0 Å². The Hall–Kier alpha value is -1.84. The monoisotopic (exact) mass is 307 g/mol. The number of fused-ring (bicyclic) bond motifs is 1. The summed E-state index contributed by atoms with van der Waals surface area (Å²) in [6.07, 6.45) is 1.14. The van der Waals surface area contributed by atoms with Crippen molar-refractivity contribution in [3.8, 4) is 0 Å². The minimum atomic E-state index is 1.10. The van der Waals surface area contributed by atoms with Crippen LogP contribution in [0.2, 0.25) is 0 Å². The summed E-state index contributed by atoms with van der Waals surface area (Å²) in [5, 5.41) is 3.45. The van der Waals surface area contributed by atoms with Gasteiger partial charge in [0.15, 0.2) is 0 Å². The van der Waals surface area contributed by atoms with E-state index in [0.29, 0.717) is 0 Å². The van der Waals surface area contributed by atoms with E-state index >= 15 is 0 Å². The van der Waals surface area contributed by atoms with Gasteiger partial charge in [-0.3, -0.25) is 4.90 Å². The highest BCUT2D eigenvalue weighted by Gasteiger charge is 2.24. The molecule has 0 saturated carbocycles. The number of anilines is 1. The molecule has 0 atom stereocenters. The van der Waals surface area contributed by atoms with Crippen molar-refractivity contribution in [1.82, 2.24) is 10.2 Å². The Kier molecular flexibility index (Phi) is 4.31. The molecule has 1 N–H and O–H groups in total. The standard InChI is InChI=1S/C20H25N3/c1-2-5-17(6-3-1)9-12-22-15-18-7-4-8-20(19(18)16-22)23-13-10-21-11-14-23/h1-8,21H,9-16H2. The van der Waals surface area contributed by atoms with E-state index < -0.39 is 0 Å². The lowest BCUT2D eigenvalue weighted by atomic mass is 10.1. The zero-order valence-corrected chi connectivity index (χ0v) is 13.7. The third-order valence-electron chi connectivity index (χ3n) is 5.04. The maximum Gasteiger partial charge on any atom is 0.0416 e. The van der Waals surface area contributed by atoms with Gasteiger partial charge in [-0.15, -0.1) is 0 Å². The van der Waals surface area contributed by atoms with E-state index in [4.69, 9.17) is 0 Å². The van der Waals surface area contributed by atoms with Crippen LogP contribution in [0.4, 0.5) is 5.69 Å². The lowest BCUT2D eigenvalue weighted by Crippen LogP contribution is -2.43. The molecular weight excluding hydrogens is 282 g/mol. The van der Waals surface area contributed by atoms with E-state index in [2.05, 4.69) is 63.6 Å². The average Bonchev–Trinajstić information content (AvgIpc) is 3.04. The molecule has 0 bridgehead atoms. The molecule has 2 aromatic rings. The fourth-order valence-electron chi connectivity index (χ4n) is 3.76. The van der Waals surface area contributed by atoms with Crippen LogP contribution in [0, 0.1) is 0 Å². The van der Waals surface area contributed by atoms with Crippen LogP contribution in [0.1, 0.15) is 16.7 Å². The Morgan fingerprint density at radius 3 is 2.52 bits per heavy atom. The minimum Gasteiger partial charge on any atom is -0.369 e. The van der Waals surface area contributed by atoms with E-state index in [1.165, 1.54) is 16.8 Å². The maximum atomic E-state index is 3.45. The molecule has 3 nitrogen and oxygen atoms in total. The van der Waals surface area contributed by atoms with Crippen LogP contribution in [-0.2, 0) is 19.5 Å². The lowest BCUT2D eigenvalue weighted by Gasteiger charge is -2.31. The van der Waals surface area contributed by atoms with Gasteiger partial charge in [0.2, 0.25) is 0 Å². The van der Waals surface area contributed by atoms with Crippen molar-refractivity contribution in [3.63, 3.8) is 0 Å². The molecule has 0 aliphatic carbocycles. The smallest absolute Gasteiger partial charge is 0.0416 e. The van der Waals surface area contributed by atoms with Gasteiger partial charge >= 0.3 is 0 Å². The summed E-state index contributed by atoms with van der Waals surface area (Å²) in [4.78, 5) is 5.14. The quantitative estimate of drug-likeness (QED) is 0.937. The number of nitrogens with zero attached hydrogens (tertiary/aromatic N) is 2. The second kappa shape index (κ2) is 6.73. The summed E-state index contributed by atoms with van der Waals surface area (Å²) in [7, 11) is 0. The third-order valence-corrected chi connectivity index (χ3v) is 5.04. The van der Waals surface area contributed by atoms with Crippen LogP contribution >= 0.6 is 0 Å². The molecule has 2 heterocycles. The van der Waals surface area contributed by atoms with Crippen LogP contribution < -0.4 is 10.2 Å². The first-order valence-corrected chi connectivity index (χ1v) is 8.73. The van der Waals surface area contributed by atoms with Crippen molar-refractivity contribution in [2.24, 2.45) is 0 Å². The summed E-state index contributed by atoms with van der Waals surface area (Å²) in [5.41, 5.74) is 5.98. The Labute approximate surface area is 138 Å². The second-order valence-corrected chi connectivity index (χ2v) is 6.60. The van der Waals surface area contributed by atoms with Crippen LogP contribution in [-0.4, -0.2) is 37.6 Å². The molecule has 120 valence electrons. The highest BCUT2D eigenvalue weighted by Crippen LogP contribution is 2.31. The van der Waals surface area contributed by atoms with Crippen LogP contribution in [0.3, 0.4) is 0 Å². The number of benzene rings is 2. The van der Waals surface area contributed by atoms with Crippen LogP contribution in [0.15, 0.2) is 48.5 Å². The molecule has 2 aliphatic heterocycles. The van der Waals surface area contributed by atoms with Gasteiger partial charge in [0.05, 0.1) is 0 Å². The average molecular weight is 307 g/mol. The summed E-state index contributed by atoms with van der Waals surface area (Å²) in [6, 6.07) is 17.7. The molecule has 1 saturated heterocycles. The number of rotatable bonds is 4. The first-order chi connectivity index (χ1) is 11.4. The summed E-state index contributed by atoms with van der Waals surface area (Å²) in [6.45, 7) is 7.79. The first kappa shape index (κ1) is 14.7. The Morgan fingerprint density at radius 1 is 0.870 bits per heavy atom. The molecule has 0 amide bonds. The molecule has 3 heteroatoms. The molecule has 2 aromatic carbocycles. The third kappa shape index (κ3) is 3.26. The summed E-state index contributed by atoms with van der Waals surface area (Å²) >= 11 is 0. The molecule has 0 aromatic heterocycles. The normalized spacial score (nSPS) is 18.2. The first-order valence-electron chi connectivity index (χ1n) is 8.73. The van der Waals surface area contributed by atoms with Gasteiger partial charge in [0.1, 0.15) is 0 Å². The van der Waals surface area contributed by atoms with Gasteiger partial charge in [-0.25, -0.2) is 0 Å². The highest BCUT2D eigenvalue weighted by molar-refractivity contribution is 5.58. The predicted molar refractivity (Wildman–Crippen MR) is 95.8 cm³/mol. The second-order valence-electron chi connectivity index (χ2n) is 6.60. The molecule has 0 unspecified atom stereocenters. The van der Waals surface area contributed by atoms with Crippen LogP contribution in [0.5, 0.6) is 0 Å². The maximum absolute atomic E-state index is 3.45. The number of piperazine rings is 1. The van der Waals surface area contributed by atoms with E-state index in [0.717, 1.165) is 52.2 Å². The molecule has 4 rings (SSSR count). The number of hydrogen-bond donors (Lipinski definition) is 1. The topological polar surface area (TPSA) is 18.5 Å². The van der Waals surface area contributed by atoms with E-state index in [1.807, 2.05) is 0 Å². The van der Waals surface area contributed by atoms with E-state index in [1.54, 1.807) is 5.56 Å². The van der Waals surface area contributed by atoms with Crippen molar-refractivity contribution in [1.29, 1.82) is 0 Å². The number of hydrogen-bond acceptors (Lipinski definition) is 3. The molecule has 23 heavy (non-hydrogen) atoms. The zero-order valence-electron chi connectivity index (χ0n) is 13.7. The lowest BCUT2D eigenvalue weighted by molar-refractivity contribution is 0.288. The fourth-order valence-corrected chi connectivity index (χ4v) is 3.76. The van der Waals surface area contributed by atoms with Gasteiger partial charge in [0.25, 0.3) is 0 Å². The van der Waals surface area contributed by atoms with Crippen molar-refractivity contribution in [2.45, 2.75) is 19.5 Å². The van der Waals surface area contributed by atoms with Gasteiger partial charge < -0.3 is 10.2 Å². The van der Waals surface area contributed by atoms with Crippen LogP contribution in [0.25, 0.3) is 0 Å². The summed E-state index contributed by atoms with van der Waals surface area (Å²) in [5.74, 6) is 0. The van der Waals surface area contributed by atoms with Gasteiger partial charge in [-0.05, 0) is 29.2 Å². The van der Waals surface area contributed by atoms with Crippen molar-refractivity contribution in [3.05, 3.63) is 65.2 Å². The SMILES string of the molecule is c1ccc(CCN2Cc3cccc(N4CCNCC4)c3C2)cc1. The van der Waals surface area contributed by atoms with Crippen molar-refractivity contribution in [2.75, 3.05) is 37.6 Å². The van der Waals surface area contributed by atoms with Crippen molar-refractivity contribution >= 4 is 5.69 Å². The van der Waals surface area contributed by atoms with Gasteiger partial charge in [-0.1, -0.05) is 42.5 Å². The van der Waals surface area contributed by atoms with Gasteiger partial charge in [0, 0.05) is 51.5 Å². The van der Waals surface area contributed by atoms with Crippen molar-refractivity contribution < 1.29 is 0 Å². The van der Waals surface area contributed by atoms with E-state index in [-0.39, 0.29) is 0 Å². The number of nitrogens with one attached hydrogen (secondary N) is 1. The highest BCUT2D eigenvalue weighted by atomic mass is 15.2. The molecule has 1 fully saturated rings. The Balaban J connectivity index is 1.44. The largest absolute Gasteiger partial charge is 0.369 e. The van der Waals surface area contributed by atoms with E-state index in [9.17, 15) is 0 Å². The Morgan fingerprint density at radius 2 is 1.70 bits per heavy atom. The minimum absolute atomic E-state index is 1.10. The molecule has 0 spiro atoms. The Bertz CT molecular complexity index is 647.